The molecule has 16 heteroatoms. The molecular weight excluding hydrogens is 704 g/mol. The molecule has 0 aliphatic carbocycles. The number of benzene rings is 2. The van der Waals surface area contributed by atoms with Crippen LogP contribution >= 0.6 is 12.4 Å². The zero-order chi connectivity index (χ0) is 38.6. The molecule has 15 nitrogen and oxygen atoms in total. The number of nitrogens with two attached hydrogens (primary N) is 1. The fourth-order valence-corrected chi connectivity index (χ4v) is 4.29. The molecule has 3 rings (SSSR count). The van der Waals surface area contributed by atoms with E-state index in [1.54, 1.807) is 34.6 Å². The number of rotatable bonds is 19. The van der Waals surface area contributed by atoms with Gasteiger partial charge in [-0.3, -0.25) is 14.4 Å². The number of halogens is 1. The van der Waals surface area contributed by atoms with Gasteiger partial charge >= 0.3 is 6.09 Å². The van der Waals surface area contributed by atoms with Gasteiger partial charge in [0.05, 0.1) is 38.5 Å². The monoisotopic (exact) mass is 760 g/mol. The lowest BCUT2D eigenvalue weighted by molar-refractivity contribution is -0.126. The van der Waals surface area contributed by atoms with Gasteiger partial charge < -0.3 is 35.9 Å². The number of ketones is 1. The Morgan fingerprint density at radius 1 is 0.868 bits per heavy atom. The van der Waals surface area contributed by atoms with Crippen LogP contribution in [0.3, 0.4) is 0 Å². The van der Waals surface area contributed by atoms with Gasteiger partial charge in [-0.25, -0.2) is 9.48 Å². The highest BCUT2D eigenvalue weighted by molar-refractivity contribution is 5.86. The van der Waals surface area contributed by atoms with E-state index in [0.29, 0.717) is 25.6 Å². The lowest BCUT2D eigenvalue weighted by Gasteiger charge is -2.23. The maximum Gasteiger partial charge on any atom is 0.408 e. The number of alkyl carbamates (subject to hydrolysis) is 1. The Labute approximate surface area is 318 Å². The highest BCUT2D eigenvalue weighted by atomic mass is 35.5. The standard InChI is InChI=1S/C21H33N7O3.C16H23NO4.ClH/c1-4-5-12-23-18(29)11-13-28-19(25-26-27-28)17(24-20(30)21(2,3)22)15-31-14-16-9-7-6-8-10-16;1-12(18)14(17-15(19)21-16(2,3)4)11-20-10-13-8-6-5-7-9-13;/h6-10,17H,4-5,11-15,22H2,1-3H3,(H,23,29)(H,24,30);5-9,14H,10-11H2,1-4H3,(H,17,19);1H/t17-;14-;/m11./s1. The van der Waals surface area contributed by atoms with Crippen LogP contribution in [-0.2, 0) is 48.4 Å². The summed E-state index contributed by atoms with van der Waals surface area (Å²) >= 11 is 0. The molecule has 3 amide bonds. The van der Waals surface area contributed by atoms with Gasteiger partial charge in [-0.2, -0.15) is 0 Å². The van der Waals surface area contributed by atoms with Crippen LogP contribution in [0.25, 0.3) is 0 Å². The summed E-state index contributed by atoms with van der Waals surface area (Å²) in [6, 6.07) is 18.0. The largest absolute Gasteiger partial charge is 0.444 e. The summed E-state index contributed by atoms with van der Waals surface area (Å²) in [5, 5.41) is 20.0. The Morgan fingerprint density at radius 3 is 1.94 bits per heavy atom. The molecular formula is C37H57ClN8O7. The van der Waals surface area contributed by atoms with E-state index in [9.17, 15) is 19.2 Å². The Morgan fingerprint density at radius 2 is 1.43 bits per heavy atom. The summed E-state index contributed by atoms with van der Waals surface area (Å²) in [6.45, 7) is 14.0. The first-order valence-corrected chi connectivity index (χ1v) is 17.4. The summed E-state index contributed by atoms with van der Waals surface area (Å²) in [5.41, 5.74) is 6.28. The van der Waals surface area contributed by atoms with E-state index in [1.807, 2.05) is 60.7 Å². The molecule has 0 fully saturated rings. The van der Waals surface area contributed by atoms with Gasteiger partial charge in [-0.1, -0.05) is 74.0 Å². The van der Waals surface area contributed by atoms with Gasteiger partial charge in [-0.05, 0) is 69.5 Å². The molecule has 0 bridgehead atoms. The number of carbonyl (C=O) groups excluding carboxylic acids is 4. The highest BCUT2D eigenvalue weighted by Crippen LogP contribution is 2.14. The topological polar surface area (TPSA) is 202 Å². The maximum atomic E-state index is 12.5. The number of aryl methyl sites for hydroxylation is 1. The number of tetrazole rings is 1. The third-order valence-corrected chi connectivity index (χ3v) is 7.14. The Balaban J connectivity index is 0.000000559. The summed E-state index contributed by atoms with van der Waals surface area (Å²) in [7, 11) is 0. The van der Waals surface area contributed by atoms with E-state index in [2.05, 4.69) is 38.4 Å². The molecule has 1 heterocycles. The van der Waals surface area contributed by atoms with E-state index < -0.39 is 29.3 Å². The quantitative estimate of drug-likeness (QED) is 0.128. The van der Waals surface area contributed by atoms with E-state index >= 15 is 0 Å². The molecule has 0 radical (unpaired) electrons. The molecule has 53 heavy (non-hydrogen) atoms. The molecule has 0 aliphatic heterocycles. The summed E-state index contributed by atoms with van der Waals surface area (Å²) in [5.74, 6) is -0.187. The van der Waals surface area contributed by atoms with Crippen LogP contribution < -0.4 is 21.7 Å². The molecule has 0 saturated heterocycles. The van der Waals surface area contributed by atoms with Crippen molar-refractivity contribution in [2.75, 3.05) is 19.8 Å². The molecule has 3 aromatic rings. The number of aromatic nitrogens is 4. The zero-order valence-corrected chi connectivity index (χ0v) is 32.7. The van der Waals surface area contributed by atoms with Crippen LogP contribution in [-0.4, -0.2) is 80.8 Å². The first-order chi connectivity index (χ1) is 24.6. The second-order valence-corrected chi connectivity index (χ2v) is 13.8. The van der Waals surface area contributed by atoms with Crippen LogP contribution in [0.15, 0.2) is 60.7 Å². The van der Waals surface area contributed by atoms with Crippen molar-refractivity contribution in [3.8, 4) is 0 Å². The summed E-state index contributed by atoms with van der Waals surface area (Å²) < 4.78 is 17.9. The summed E-state index contributed by atoms with van der Waals surface area (Å²) in [4.78, 5) is 47.7. The fraction of sp³-hybridized carbons (Fsp3) is 0.541. The first kappa shape index (κ1) is 46.6. The molecule has 1 aromatic heterocycles. The van der Waals surface area contributed by atoms with E-state index in [4.69, 9.17) is 19.9 Å². The van der Waals surface area contributed by atoms with E-state index in [-0.39, 0.29) is 56.2 Å². The van der Waals surface area contributed by atoms with Crippen LogP contribution in [0.1, 0.15) is 90.7 Å². The third-order valence-electron chi connectivity index (χ3n) is 7.14. The fourth-order valence-electron chi connectivity index (χ4n) is 4.29. The average Bonchev–Trinajstić information content (AvgIpc) is 3.55. The number of unbranched alkanes of at least 4 members (excludes halogenated alkanes) is 1. The van der Waals surface area contributed by atoms with Gasteiger partial charge in [0.15, 0.2) is 11.6 Å². The van der Waals surface area contributed by atoms with Gasteiger partial charge in [0.1, 0.15) is 17.7 Å². The number of carbonyl (C=O) groups is 4. The van der Waals surface area contributed by atoms with Crippen molar-refractivity contribution in [3.05, 3.63) is 77.6 Å². The molecule has 2 atom stereocenters. The SMILES string of the molecule is CC(=O)[C@@H](COCc1ccccc1)NC(=O)OC(C)(C)C.CCCCNC(=O)CCn1nnnc1[C@@H](COCc1ccccc1)NC(=O)C(C)(C)N.Cl. The van der Waals surface area contributed by atoms with E-state index in [0.717, 1.165) is 24.0 Å². The van der Waals surface area contributed by atoms with Crippen molar-refractivity contribution < 1.29 is 33.4 Å². The van der Waals surface area contributed by atoms with E-state index in [1.165, 1.54) is 11.6 Å². The predicted octanol–water partition coefficient (Wildman–Crippen LogP) is 4.20. The molecule has 5 N–H and O–H groups in total. The maximum absolute atomic E-state index is 12.5. The smallest absolute Gasteiger partial charge is 0.408 e. The molecule has 0 spiro atoms. The molecule has 0 saturated carbocycles. The second kappa shape index (κ2) is 24.0. The minimum atomic E-state index is -1.07. The Kier molecular flexibility index (Phi) is 21.1. The van der Waals surface area contributed by atoms with Gasteiger partial charge in [0.2, 0.25) is 11.8 Å². The number of nitrogens with zero attached hydrogens (tertiary/aromatic N) is 4. The molecule has 0 aliphatic rings. The van der Waals surface area contributed by atoms with Gasteiger partial charge in [-0.15, -0.1) is 17.5 Å². The molecule has 294 valence electrons. The minimum Gasteiger partial charge on any atom is -0.444 e. The number of hydrogen-bond donors (Lipinski definition) is 4. The first-order valence-electron chi connectivity index (χ1n) is 17.4. The minimum absolute atomic E-state index is 0. The lowest BCUT2D eigenvalue weighted by atomic mass is 10.1. The molecule has 2 aromatic carbocycles. The lowest BCUT2D eigenvalue weighted by Crippen LogP contribution is -2.51. The van der Waals surface area contributed by atoms with Crippen LogP contribution in [0.2, 0.25) is 0 Å². The Bertz CT molecular complexity index is 1510. The van der Waals surface area contributed by atoms with Crippen LogP contribution in [0, 0.1) is 0 Å². The number of amides is 3. The molecule has 0 unspecified atom stereocenters. The van der Waals surface area contributed by atoms with Crippen molar-refractivity contribution >= 4 is 36.1 Å². The van der Waals surface area contributed by atoms with Crippen molar-refractivity contribution in [1.82, 2.24) is 36.2 Å². The number of hydrogen-bond acceptors (Lipinski definition) is 11. The van der Waals surface area contributed by atoms with Crippen molar-refractivity contribution in [2.24, 2.45) is 5.73 Å². The number of nitrogens with one attached hydrogen (secondary N) is 3. The van der Waals surface area contributed by atoms with Crippen molar-refractivity contribution in [1.29, 1.82) is 0 Å². The number of ether oxygens (including phenoxy) is 3. The van der Waals surface area contributed by atoms with Crippen LogP contribution in [0.5, 0.6) is 0 Å². The van der Waals surface area contributed by atoms with Gasteiger partial charge in [0.25, 0.3) is 0 Å². The van der Waals surface area contributed by atoms with Crippen LogP contribution in [0.4, 0.5) is 4.79 Å². The van der Waals surface area contributed by atoms with Crippen molar-refractivity contribution in [2.45, 2.75) is 111 Å². The predicted molar refractivity (Wildman–Crippen MR) is 203 cm³/mol. The summed E-state index contributed by atoms with van der Waals surface area (Å²) in [6.07, 6.45) is 1.56. The normalized spacial score (nSPS) is 12.2. The zero-order valence-electron chi connectivity index (χ0n) is 31.9. The highest BCUT2D eigenvalue weighted by Gasteiger charge is 2.28. The third kappa shape index (κ3) is 19.8. The van der Waals surface area contributed by atoms with Crippen molar-refractivity contribution in [3.63, 3.8) is 0 Å². The average molecular weight is 761 g/mol. The second-order valence-electron chi connectivity index (χ2n) is 13.8. The number of Topliss-reactive ketones (excluding diaryl/α,β-unsaturated/α-hetero) is 1. The Hall–Kier alpha value is -4.44. The van der Waals surface area contributed by atoms with Gasteiger partial charge in [0, 0.05) is 13.0 Å².